The lowest BCUT2D eigenvalue weighted by atomic mass is 10.2. The molecule has 0 aliphatic heterocycles. The summed E-state index contributed by atoms with van der Waals surface area (Å²) in [6, 6.07) is 13.3. The van der Waals surface area contributed by atoms with E-state index in [0.29, 0.717) is 29.1 Å². The van der Waals surface area contributed by atoms with E-state index < -0.39 is 0 Å². The highest BCUT2D eigenvalue weighted by molar-refractivity contribution is 9.10. The van der Waals surface area contributed by atoms with E-state index in [0.717, 1.165) is 26.8 Å². The van der Waals surface area contributed by atoms with Crippen molar-refractivity contribution >= 4 is 50.4 Å². The molecule has 0 fully saturated rings. The molecule has 0 radical (unpaired) electrons. The van der Waals surface area contributed by atoms with Gasteiger partial charge in [-0.2, -0.15) is 4.98 Å². The minimum Gasteiger partial charge on any atom is -0.431 e. The second-order valence-corrected chi connectivity index (χ2v) is 8.24. The van der Waals surface area contributed by atoms with Crippen molar-refractivity contribution in [2.24, 2.45) is 0 Å². The molecule has 148 valence electrons. The van der Waals surface area contributed by atoms with E-state index in [1.165, 1.54) is 11.8 Å². The number of carbonyl (C=O) groups excluding carboxylic acids is 1. The number of carbonyl (C=O) groups is 1. The topological polar surface area (TPSA) is 94.0 Å². The standard InChI is InChI=1S/C20H17BrN4O3S/c1-12-2-7-16-15(10-12)23-20(27-16)29-11-17-24-19(28-25-17)9-8-18(26)22-14-5-3-13(21)4-6-14/h2-7,10H,8-9,11H2,1H3,(H,22,26). The van der Waals surface area contributed by atoms with Crippen molar-refractivity contribution in [3.05, 3.63) is 64.2 Å². The molecule has 0 atom stereocenters. The van der Waals surface area contributed by atoms with Gasteiger partial charge in [0, 0.05) is 23.0 Å². The predicted molar refractivity (Wildman–Crippen MR) is 114 cm³/mol. The largest absolute Gasteiger partial charge is 0.431 e. The maximum atomic E-state index is 12.1. The highest BCUT2D eigenvalue weighted by Crippen LogP contribution is 2.26. The summed E-state index contributed by atoms with van der Waals surface area (Å²) in [5.74, 6) is 1.33. The highest BCUT2D eigenvalue weighted by Gasteiger charge is 2.12. The molecule has 0 saturated heterocycles. The molecule has 9 heteroatoms. The van der Waals surface area contributed by atoms with E-state index in [-0.39, 0.29) is 12.3 Å². The third kappa shape index (κ3) is 5.24. The summed E-state index contributed by atoms with van der Waals surface area (Å²) in [6.07, 6.45) is 0.636. The Morgan fingerprint density at radius 2 is 2.00 bits per heavy atom. The van der Waals surface area contributed by atoms with Gasteiger partial charge in [-0.1, -0.05) is 38.9 Å². The quantitative estimate of drug-likeness (QED) is 0.371. The molecule has 0 spiro atoms. The maximum absolute atomic E-state index is 12.1. The lowest BCUT2D eigenvalue weighted by molar-refractivity contribution is -0.116. The smallest absolute Gasteiger partial charge is 0.257 e. The van der Waals surface area contributed by atoms with Crippen LogP contribution in [-0.4, -0.2) is 21.0 Å². The van der Waals surface area contributed by atoms with Gasteiger partial charge < -0.3 is 14.3 Å². The second-order valence-electron chi connectivity index (χ2n) is 6.40. The van der Waals surface area contributed by atoms with Crippen molar-refractivity contribution in [3.8, 4) is 0 Å². The Balaban J connectivity index is 1.27. The number of nitrogens with one attached hydrogen (secondary N) is 1. The van der Waals surface area contributed by atoms with Gasteiger partial charge in [-0.05, 0) is 48.9 Å². The fourth-order valence-electron chi connectivity index (χ4n) is 2.63. The number of fused-ring (bicyclic) bond motifs is 1. The molecule has 1 amide bonds. The first-order valence-corrected chi connectivity index (χ1v) is 10.7. The third-order valence-corrected chi connectivity index (χ3v) is 5.41. The maximum Gasteiger partial charge on any atom is 0.257 e. The lowest BCUT2D eigenvalue weighted by Crippen LogP contribution is -2.12. The van der Waals surface area contributed by atoms with Gasteiger partial charge in [0.2, 0.25) is 11.8 Å². The lowest BCUT2D eigenvalue weighted by Gasteiger charge is -2.03. The van der Waals surface area contributed by atoms with Gasteiger partial charge in [-0.3, -0.25) is 4.79 Å². The number of nitrogens with zero attached hydrogens (tertiary/aromatic N) is 3. The molecular weight excluding hydrogens is 456 g/mol. The molecule has 0 unspecified atom stereocenters. The van der Waals surface area contributed by atoms with Gasteiger partial charge in [-0.25, -0.2) is 4.98 Å². The van der Waals surface area contributed by atoms with Crippen LogP contribution in [0.2, 0.25) is 0 Å². The number of rotatable bonds is 7. The summed E-state index contributed by atoms with van der Waals surface area (Å²) in [5, 5.41) is 7.35. The number of halogens is 1. The van der Waals surface area contributed by atoms with E-state index in [2.05, 4.69) is 36.4 Å². The van der Waals surface area contributed by atoms with Crippen LogP contribution in [0.15, 0.2) is 61.1 Å². The van der Waals surface area contributed by atoms with Crippen LogP contribution in [0.1, 0.15) is 23.7 Å². The number of hydrogen-bond acceptors (Lipinski definition) is 7. The number of amides is 1. The van der Waals surface area contributed by atoms with Crippen molar-refractivity contribution in [1.29, 1.82) is 0 Å². The number of aromatic nitrogens is 3. The zero-order valence-electron chi connectivity index (χ0n) is 15.5. The van der Waals surface area contributed by atoms with Crippen LogP contribution < -0.4 is 5.32 Å². The fourth-order valence-corrected chi connectivity index (χ4v) is 3.58. The van der Waals surface area contributed by atoms with Crippen LogP contribution in [0.3, 0.4) is 0 Å². The minimum absolute atomic E-state index is 0.108. The molecule has 7 nitrogen and oxygen atoms in total. The summed E-state index contributed by atoms with van der Waals surface area (Å²) in [5.41, 5.74) is 3.46. The zero-order chi connectivity index (χ0) is 20.2. The normalized spacial score (nSPS) is 11.1. The second kappa shape index (κ2) is 8.79. The van der Waals surface area contributed by atoms with Gasteiger partial charge in [0.1, 0.15) is 5.52 Å². The van der Waals surface area contributed by atoms with Gasteiger partial charge >= 0.3 is 0 Å². The molecular formula is C20H17BrN4O3S. The highest BCUT2D eigenvalue weighted by atomic mass is 79.9. The van der Waals surface area contributed by atoms with Crippen molar-refractivity contribution in [2.75, 3.05) is 5.32 Å². The Morgan fingerprint density at radius 1 is 1.17 bits per heavy atom. The van der Waals surface area contributed by atoms with E-state index in [1.54, 1.807) is 0 Å². The Bertz CT molecular complexity index is 1140. The average Bonchev–Trinajstić information content (AvgIpc) is 3.32. The van der Waals surface area contributed by atoms with Gasteiger partial charge in [0.05, 0.1) is 5.75 Å². The molecule has 4 aromatic rings. The third-order valence-electron chi connectivity index (χ3n) is 4.05. The SMILES string of the molecule is Cc1ccc2oc(SCc3noc(CCC(=O)Nc4ccc(Br)cc4)n3)nc2c1. The van der Waals surface area contributed by atoms with Crippen molar-refractivity contribution in [2.45, 2.75) is 30.7 Å². The predicted octanol–water partition coefficient (Wildman–Crippen LogP) is 5.15. The Kier molecular flexibility index (Phi) is 5.96. The number of benzene rings is 2. The summed E-state index contributed by atoms with van der Waals surface area (Å²) < 4.78 is 11.9. The first-order chi connectivity index (χ1) is 14.0. The number of hydrogen-bond donors (Lipinski definition) is 1. The Labute approximate surface area is 179 Å². The number of thioether (sulfide) groups is 1. The van der Waals surface area contributed by atoms with E-state index in [1.807, 2.05) is 49.4 Å². The van der Waals surface area contributed by atoms with Gasteiger partial charge in [0.25, 0.3) is 5.22 Å². The van der Waals surface area contributed by atoms with E-state index in [9.17, 15) is 4.79 Å². The van der Waals surface area contributed by atoms with Crippen LogP contribution in [0, 0.1) is 6.92 Å². The van der Waals surface area contributed by atoms with Crippen LogP contribution >= 0.6 is 27.7 Å². The molecule has 2 aromatic heterocycles. The molecule has 2 heterocycles. The van der Waals surface area contributed by atoms with Crippen molar-refractivity contribution in [3.63, 3.8) is 0 Å². The molecule has 0 saturated carbocycles. The Morgan fingerprint density at radius 3 is 2.83 bits per heavy atom. The van der Waals surface area contributed by atoms with Crippen LogP contribution in [-0.2, 0) is 17.0 Å². The summed E-state index contributed by atoms with van der Waals surface area (Å²) in [7, 11) is 0. The summed E-state index contributed by atoms with van der Waals surface area (Å²) in [6.45, 7) is 2.01. The van der Waals surface area contributed by atoms with Crippen molar-refractivity contribution in [1.82, 2.24) is 15.1 Å². The molecule has 0 aliphatic carbocycles. The number of anilines is 1. The first kappa shape index (κ1) is 19.7. The molecule has 0 aliphatic rings. The first-order valence-electron chi connectivity index (χ1n) is 8.92. The molecule has 4 rings (SSSR count). The summed E-state index contributed by atoms with van der Waals surface area (Å²) >= 11 is 4.76. The van der Waals surface area contributed by atoms with Crippen molar-refractivity contribution < 1.29 is 13.7 Å². The monoisotopic (exact) mass is 472 g/mol. The summed E-state index contributed by atoms with van der Waals surface area (Å²) in [4.78, 5) is 20.8. The number of aryl methyl sites for hydroxylation is 2. The number of oxazole rings is 1. The molecule has 1 N–H and O–H groups in total. The Hall–Kier alpha value is -2.65. The van der Waals surface area contributed by atoms with Crippen LogP contribution in [0.5, 0.6) is 0 Å². The van der Waals surface area contributed by atoms with Gasteiger partial charge in [-0.15, -0.1) is 0 Å². The average molecular weight is 473 g/mol. The molecule has 29 heavy (non-hydrogen) atoms. The fraction of sp³-hybridized carbons (Fsp3) is 0.200. The molecule has 2 aromatic carbocycles. The minimum atomic E-state index is -0.108. The van der Waals surface area contributed by atoms with E-state index in [4.69, 9.17) is 8.94 Å². The van der Waals surface area contributed by atoms with Gasteiger partial charge in [0.15, 0.2) is 11.4 Å². The zero-order valence-corrected chi connectivity index (χ0v) is 17.9. The van der Waals surface area contributed by atoms with E-state index >= 15 is 0 Å². The molecule has 0 bridgehead atoms. The van der Waals surface area contributed by atoms with Crippen LogP contribution in [0.25, 0.3) is 11.1 Å². The van der Waals surface area contributed by atoms with Crippen LogP contribution in [0.4, 0.5) is 5.69 Å².